The van der Waals surface area contributed by atoms with E-state index in [1.165, 1.54) is 27.8 Å². The molecule has 3 aromatic rings. The molecule has 0 saturated carbocycles. The number of rotatable bonds is 4. The van der Waals surface area contributed by atoms with E-state index in [-0.39, 0.29) is 10.8 Å². The minimum atomic E-state index is -3.57. The Morgan fingerprint density at radius 3 is 2.77 bits per heavy atom. The number of piperidine rings is 1. The number of aromatic nitrogens is 2. The molecular formula is C17H16ClN3O3S2. The van der Waals surface area contributed by atoms with Crippen molar-refractivity contribution in [1.82, 2.24) is 14.4 Å². The highest BCUT2D eigenvalue weighted by Gasteiger charge is 2.33. The topological polar surface area (TPSA) is 76.3 Å². The van der Waals surface area contributed by atoms with Gasteiger partial charge in [-0.15, -0.1) is 11.3 Å². The number of nitrogens with zero attached hydrogens (tertiary/aromatic N) is 3. The third-order valence-corrected chi connectivity index (χ3v) is 7.37. The summed E-state index contributed by atoms with van der Waals surface area (Å²) in [6.07, 6.45) is 1.56. The van der Waals surface area contributed by atoms with Crippen LogP contribution in [-0.4, -0.2) is 36.0 Å². The maximum absolute atomic E-state index is 12.9. The maximum atomic E-state index is 12.9. The summed E-state index contributed by atoms with van der Waals surface area (Å²) < 4.78 is 32.7. The average molecular weight is 410 g/mol. The Morgan fingerprint density at radius 1 is 1.23 bits per heavy atom. The molecular weight excluding hydrogens is 394 g/mol. The highest BCUT2D eigenvalue weighted by molar-refractivity contribution is 7.89. The summed E-state index contributed by atoms with van der Waals surface area (Å²) in [4.78, 5) is 5.65. The van der Waals surface area contributed by atoms with E-state index in [2.05, 4.69) is 10.1 Å². The van der Waals surface area contributed by atoms with E-state index in [1.54, 1.807) is 12.1 Å². The normalized spacial score (nSPS) is 18.9. The van der Waals surface area contributed by atoms with Crippen LogP contribution in [0.2, 0.25) is 5.02 Å². The largest absolute Gasteiger partial charge is 0.339 e. The van der Waals surface area contributed by atoms with Gasteiger partial charge >= 0.3 is 0 Å². The second-order valence-electron chi connectivity index (χ2n) is 6.09. The molecule has 1 fully saturated rings. The summed E-state index contributed by atoms with van der Waals surface area (Å²) in [5.41, 5.74) is 0. The molecule has 4 rings (SSSR count). The minimum Gasteiger partial charge on any atom is -0.339 e. The van der Waals surface area contributed by atoms with Crippen LogP contribution in [0.3, 0.4) is 0 Å². The summed E-state index contributed by atoms with van der Waals surface area (Å²) in [5.74, 6) is 0.934. The molecule has 0 unspecified atom stereocenters. The van der Waals surface area contributed by atoms with Gasteiger partial charge in [0.15, 0.2) is 0 Å². The number of thiophene rings is 1. The Morgan fingerprint density at radius 2 is 2.04 bits per heavy atom. The smallest absolute Gasteiger partial charge is 0.243 e. The zero-order valence-electron chi connectivity index (χ0n) is 13.7. The lowest BCUT2D eigenvalue weighted by molar-refractivity contribution is 0.265. The fraction of sp³-hybridized carbons (Fsp3) is 0.294. The van der Waals surface area contributed by atoms with Gasteiger partial charge in [0.05, 0.1) is 15.7 Å². The molecule has 1 atom stereocenters. The second-order valence-corrected chi connectivity index (χ2v) is 9.41. The van der Waals surface area contributed by atoms with Crippen molar-refractivity contribution in [2.75, 3.05) is 13.1 Å². The van der Waals surface area contributed by atoms with E-state index in [0.717, 1.165) is 17.7 Å². The van der Waals surface area contributed by atoms with Gasteiger partial charge in [-0.1, -0.05) is 22.8 Å². The predicted molar refractivity (Wildman–Crippen MR) is 99.8 cm³/mol. The van der Waals surface area contributed by atoms with Crippen molar-refractivity contribution in [2.45, 2.75) is 23.7 Å². The van der Waals surface area contributed by atoms with Gasteiger partial charge in [-0.2, -0.15) is 9.29 Å². The van der Waals surface area contributed by atoms with E-state index in [1.807, 2.05) is 17.5 Å². The molecule has 0 amide bonds. The Bertz CT molecular complexity index is 985. The number of hydrogen-bond donors (Lipinski definition) is 0. The first-order valence-corrected chi connectivity index (χ1v) is 10.9. The lowest BCUT2D eigenvalue weighted by Crippen LogP contribution is -2.39. The molecule has 1 aliphatic rings. The summed E-state index contributed by atoms with van der Waals surface area (Å²) in [6.45, 7) is 0.810. The van der Waals surface area contributed by atoms with Crippen LogP contribution in [0.15, 0.2) is 51.2 Å². The Labute approximate surface area is 160 Å². The second kappa shape index (κ2) is 7.11. The van der Waals surface area contributed by atoms with Crippen molar-refractivity contribution in [3.63, 3.8) is 0 Å². The highest BCUT2D eigenvalue weighted by Crippen LogP contribution is 2.31. The zero-order valence-corrected chi connectivity index (χ0v) is 16.1. The van der Waals surface area contributed by atoms with Crippen LogP contribution < -0.4 is 0 Å². The van der Waals surface area contributed by atoms with Gasteiger partial charge < -0.3 is 4.52 Å². The number of sulfonamides is 1. The Balaban J connectivity index is 1.55. The molecule has 9 heteroatoms. The van der Waals surface area contributed by atoms with Gasteiger partial charge in [-0.25, -0.2) is 8.42 Å². The first-order chi connectivity index (χ1) is 12.5. The van der Waals surface area contributed by atoms with E-state index >= 15 is 0 Å². The van der Waals surface area contributed by atoms with E-state index in [9.17, 15) is 8.42 Å². The molecule has 6 nitrogen and oxygen atoms in total. The summed E-state index contributed by atoms with van der Waals surface area (Å²) >= 11 is 7.40. The lowest BCUT2D eigenvalue weighted by Gasteiger charge is -2.30. The summed E-state index contributed by atoms with van der Waals surface area (Å²) in [5, 5.41) is 6.49. The quantitative estimate of drug-likeness (QED) is 0.650. The molecule has 1 aromatic carbocycles. The molecule has 136 valence electrons. The Kier molecular flexibility index (Phi) is 4.83. The fourth-order valence-corrected chi connectivity index (χ4v) is 5.32. The molecule has 26 heavy (non-hydrogen) atoms. The molecule has 0 radical (unpaired) electrons. The standard InChI is InChI=1S/C17H16ClN3O3S2/c18-13-5-7-14(8-6-13)26(22,23)21-9-1-3-12(11-21)17-19-16(20-24-17)15-4-2-10-25-15/h2,4-8,10,12H,1,3,9,11H2/t12-/m1/s1. The zero-order chi connectivity index (χ0) is 18.1. The average Bonchev–Trinajstić information content (AvgIpc) is 3.34. The first-order valence-electron chi connectivity index (χ1n) is 8.17. The molecule has 0 spiro atoms. The third-order valence-electron chi connectivity index (χ3n) is 4.37. The first kappa shape index (κ1) is 17.7. The molecule has 1 saturated heterocycles. The van der Waals surface area contributed by atoms with E-state index in [4.69, 9.17) is 16.1 Å². The van der Waals surface area contributed by atoms with Crippen LogP contribution in [0.4, 0.5) is 0 Å². The van der Waals surface area contributed by atoms with Crippen molar-refractivity contribution in [3.8, 4) is 10.7 Å². The Hall–Kier alpha value is -1.74. The molecule has 2 aromatic heterocycles. The van der Waals surface area contributed by atoms with E-state index < -0.39 is 10.0 Å². The third kappa shape index (κ3) is 3.42. The van der Waals surface area contributed by atoms with Crippen LogP contribution in [0, 0.1) is 0 Å². The summed E-state index contributed by atoms with van der Waals surface area (Å²) in [7, 11) is -3.57. The summed E-state index contributed by atoms with van der Waals surface area (Å²) in [6, 6.07) is 10.1. The predicted octanol–water partition coefficient (Wildman–Crippen LogP) is 4.02. The SMILES string of the molecule is O=S(=O)(c1ccc(Cl)cc1)N1CCC[C@@H](c2nc(-c3cccs3)no2)C1. The van der Waals surface area contributed by atoms with Gasteiger partial charge in [0.1, 0.15) is 0 Å². The minimum absolute atomic E-state index is 0.105. The molecule has 0 bridgehead atoms. The molecule has 0 aliphatic carbocycles. The van der Waals surface area contributed by atoms with Crippen molar-refractivity contribution in [2.24, 2.45) is 0 Å². The van der Waals surface area contributed by atoms with Crippen molar-refractivity contribution in [3.05, 3.63) is 52.7 Å². The van der Waals surface area contributed by atoms with Crippen LogP contribution in [0.5, 0.6) is 0 Å². The van der Waals surface area contributed by atoms with Gasteiger partial charge in [0.25, 0.3) is 0 Å². The number of benzene rings is 1. The number of hydrogen-bond acceptors (Lipinski definition) is 6. The van der Waals surface area contributed by atoms with Gasteiger partial charge in [-0.05, 0) is 48.6 Å². The van der Waals surface area contributed by atoms with Gasteiger partial charge in [-0.3, -0.25) is 0 Å². The van der Waals surface area contributed by atoms with Crippen LogP contribution in [0.1, 0.15) is 24.7 Å². The number of halogens is 1. The highest BCUT2D eigenvalue weighted by atomic mass is 35.5. The van der Waals surface area contributed by atoms with Crippen molar-refractivity contribution >= 4 is 33.0 Å². The van der Waals surface area contributed by atoms with Gasteiger partial charge in [0.2, 0.25) is 21.7 Å². The monoisotopic (exact) mass is 409 g/mol. The molecule has 3 heterocycles. The molecule has 0 N–H and O–H groups in total. The lowest BCUT2D eigenvalue weighted by atomic mass is 10.00. The maximum Gasteiger partial charge on any atom is 0.243 e. The van der Waals surface area contributed by atoms with Crippen LogP contribution in [-0.2, 0) is 10.0 Å². The van der Waals surface area contributed by atoms with Crippen molar-refractivity contribution < 1.29 is 12.9 Å². The van der Waals surface area contributed by atoms with Crippen molar-refractivity contribution in [1.29, 1.82) is 0 Å². The fourth-order valence-electron chi connectivity index (χ4n) is 3.02. The molecule has 1 aliphatic heterocycles. The van der Waals surface area contributed by atoms with Crippen LogP contribution in [0.25, 0.3) is 10.7 Å². The van der Waals surface area contributed by atoms with E-state index in [0.29, 0.717) is 29.8 Å². The van der Waals surface area contributed by atoms with Crippen LogP contribution >= 0.6 is 22.9 Å². The van der Waals surface area contributed by atoms with Gasteiger partial charge in [0, 0.05) is 18.1 Å².